The molecule has 3 amide bonds. The molecule has 3 aromatic carbocycles. The third-order valence-electron chi connectivity index (χ3n) is 6.04. The molecule has 0 atom stereocenters. The summed E-state index contributed by atoms with van der Waals surface area (Å²) in [6.07, 6.45) is 0. The van der Waals surface area contributed by atoms with Gasteiger partial charge in [0.05, 0.1) is 4.88 Å². The van der Waals surface area contributed by atoms with Gasteiger partial charge in [0.25, 0.3) is 5.91 Å². The number of hydrogen-bond acceptors (Lipinski definition) is 4. The summed E-state index contributed by atoms with van der Waals surface area (Å²) in [6.45, 7) is 2.96. The topological polar surface area (TPSA) is 64.7 Å². The molecule has 1 aromatic heterocycles. The second kappa shape index (κ2) is 10.4. The number of urea groups is 1. The van der Waals surface area contributed by atoms with Crippen molar-refractivity contribution in [2.24, 2.45) is 0 Å². The molecule has 0 saturated carbocycles. The third kappa shape index (κ3) is 5.53. The van der Waals surface area contributed by atoms with Crippen LogP contribution in [0.25, 0.3) is 11.1 Å². The van der Waals surface area contributed by atoms with Gasteiger partial charge in [-0.05, 0) is 59.0 Å². The first kappa shape index (κ1) is 22.7. The summed E-state index contributed by atoms with van der Waals surface area (Å²) in [5.41, 5.74) is 4.77. The number of benzene rings is 3. The molecule has 176 valence electrons. The van der Waals surface area contributed by atoms with Crippen molar-refractivity contribution in [2.45, 2.75) is 0 Å². The van der Waals surface area contributed by atoms with Gasteiger partial charge in [-0.3, -0.25) is 4.79 Å². The lowest BCUT2D eigenvalue weighted by Gasteiger charge is -2.36. The first-order valence-corrected chi connectivity index (χ1v) is 12.4. The highest BCUT2D eigenvalue weighted by Crippen LogP contribution is 2.23. The molecular formula is C28H26N4O2S. The number of nitrogens with zero attached hydrogens (tertiary/aromatic N) is 2. The van der Waals surface area contributed by atoms with Crippen molar-refractivity contribution >= 4 is 40.3 Å². The van der Waals surface area contributed by atoms with Crippen LogP contribution in [0.4, 0.5) is 21.9 Å². The summed E-state index contributed by atoms with van der Waals surface area (Å²) >= 11 is 1.48. The van der Waals surface area contributed by atoms with Gasteiger partial charge >= 0.3 is 6.03 Å². The number of amides is 3. The van der Waals surface area contributed by atoms with Crippen LogP contribution in [0.15, 0.2) is 96.4 Å². The molecule has 2 heterocycles. The second-order valence-electron chi connectivity index (χ2n) is 8.33. The maximum atomic E-state index is 12.5. The first-order valence-electron chi connectivity index (χ1n) is 11.6. The molecule has 1 aliphatic rings. The Morgan fingerprint density at radius 2 is 1.26 bits per heavy atom. The number of carbonyl (C=O) groups excluding carboxylic acids is 2. The van der Waals surface area contributed by atoms with Crippen LogP contribution in [0.1, 0.15) is 9.67 Å². The van der Waals surface area contributed by atoms with E-state index in [1.54, 1.807) is 0 Å². The minimum atomic E-state index is -0.286. The van der Waals surface area contributed by atoms with Crippen molar-refractivity contribution in [2.75, 3.05) is 41.7 Å². The molecule has 0 bridgehead atoms. The van der Waals surface area contributed by atoms with E-state index in [9.17, 15) is 9.59 Å². The van der Waals surface area contributed by atoms with Crippen molar-refractivity contribution in [3.05, 3.63) is 101 Å². The summed E-state index contributed by atoms with van der Waals surface area (Å²) in [5, 5.41) is 7.69. The molecule has 7 heteroatoms. The molecule has 5 rings (SSSR count). The summed E-state index contributed by atoms with van der Waals surface area (Å²) in [5.74, 6) is 0.111. The van der Waals surface area contributed by atoms with Crippen molar-refractivity contribution in [1.82, 2.24) is 4.90 Å². The van der Waals surface area contributed by atoms with Crippen molar-refractivity contribution < 1.29 is 9.59 Å². The quantitative estimate of drug-likeness (QED) is 0.366. The predicted octanol–water partition coefficient (Wildman–Crippen LogP) is 6.02. The Balaban J connectivity index is 1.12. The SMILES string of the molecule is O=C(Nc1ccc(-c2ccccc2)cc1)Nc1ccc(N2CCN(C(=O)c3cccs3)CC2)cc1. The standard InChI is InChI=1S/C28H26N4O2S/c33-27(26-7-4-20-35-26)32-18-16-31(17-19-32)25-14-12-24(13-15-25)30-28(34)29-23-10-8-22(9-11-23)21-5-2-1-3-6-21/h1-15,20H,16-19H2,(H2,29,30,34). The van der Waals surface area contributed by atoms with Crippen LogP contribution < -0.4 is 15.5 Å². The molecule has 1 aliphatic heterocycles. The van der Waals surface area contributed by atoms with Crippen LogP contribution in [-0.2, 0) is 0 Å². The van der Waals surface area contributed by atoms with E-state index in [4.69, 9.17) is 0 Å². The summed E-state index contributed by atoms with van der Waals surface area (Å²) in [6, 6.07) is 29.2. The summed E-state index contributed by atoms with van der Waals surface area (Å²) < 4.78 is 0. The predicted molar refractivity (Wildman–Crippen MR) is 143 cm³/mol. The fourth-order valence-corrected chi connectivity index (χ4v) is 4.84. The van der Waals surface area contributed by atoms with Gasteiger partial charge in [0, 0.05) is 43.2 Å². The smallest absolute Gasteiger partial charge is 0.323 e. The average Bonchev–Trinajstić information content (AvgIpc) is 3.45. The van der Waals surface area contributed by atoms with E-state index in [1.807, 2.05) is 89.1 Å². The molecule has 35 heavy (non-hydrogen) atoms. The molecule has 1 saturated heterocycles. The number of rotatable bonds is 5. The highest BCUT2D eigenvalue weighted by atomic mass is 32.1. The van der Waals surface area contributed by atoms with E-state index in [-0.39, 0.29) is 11.9 Å². The fraction of sp³-hybridized carbons (Fsp3) is 0.143. The van der Waals surface area contributed by atoms with E-state index in [0.29, 0.717) is 13.1 Å². The molecule has 0 spiro atoms. The Morgan fingerprint density at radius 1 is 0.657 bits per heavy atom. The van der Waals surface area contributed by atoms with Gasteiger partial charge in [-0.2, -0.15) is 0 Å². The summed E-state index contributed by atoms with van der Waals surface area (Å²) in [7, 11) is 0. The molecule has 6 nitrogen and oxygen atoms in total. The fourth-order valence-electron chi connectivity index (χ4n) is 4.15. The van der Waals surface area contributed by atoms with Crippen molar-refractivity contribution in [3.8, 4) is 11.1 Å². The highest BCUT2D eigenvalue weighted by molar-refractivity contribution is 7.12. The molecular weight excluding hydrogens is 456 g/mol. The van der Waals surface area contributed by atoms with Crippen molar-refractivity contribution in [1.29, 1.82) is 0 Å². The molecule has 0 unspecified atom stereocenters. The Kier molecular flexibility index (Phi) is 6.77. The van der Waals surface area contributed by atoms with Crippen LogP contribution in [0.2, 0.25) is 0 Å². The number of thiophene rings is 1. The van der Waals surface area contributed by atoms with Gasteiger partial charge in [-0.15, -0.1) is 11.3 Å². The van der Waals surface area contributed by atoms with Crippen LogP contribution >= 0.6 is 11.3 Å². The zero-order chi connectivity index (χ0) is 24.0. The lowest BCUT2D eigenvalue weighted by atomic mass is 10.1. The normalized spacial score (nSPS) is 13.4. The van der Waals surface area contributed by atoms with E-state index >= 15 is 0 Å². The second-order valence-corrected chi connectivity index (χ2v) is 9.27. The number of nitrogens with one attached hydrogen (secondary N) is 2. The van der Waals surface area contributed by atoms with Gasteiger partial charge in [0.1, 0.15) is 0 Å². The molecule has 2 N–H and O–H groups in total. The van der Waals surface area contributed by atoms with Crippen LogP contribution in [0.3, 0.4) is 0 Å². The lowest BCUT2D eigenvalue weighted by Crippen LogP contribution is -2.48. The van der Waals surface area contributed by atoms with E-state index in [0.717, 1.165) is 46.2 Å². The van der Waals surface area contributed by atoms with E-state index in [1.165, 1.54) is 11.3 Å². The monoisotopic (exact) mass is 482 g/mol. The lowest BCUT2D eigenvalue weighted by molar-refractivity contribution is 0.0751. The van der Waals surface area contributed by atoms with Gasteiger partial charge < -0.3 is 20.4 Å². The van der Waals surface area contributed by atoms with E-state index < -0.39 is 0 Å². The zero-order valence-corrected chi connectivity index (χ0v) is 20.0. The minimum absolute atomic E-state index is 0.111. The molecule has 0 radical (unpaired) electrons. The average molecular weight is 483 g/mol. The molecule has 1 fully saturated rings. The maximum absolute atomic E-state index is 12.5. The third-order valence-corrected chi connectivity index (χ3v) is 6.90. The highest BCUT2D eigenvalue weighted by Gasteiger charge is 2.22. The van der Waals surface area contributed by atoms with Crippen molar-refractivity contribution in [3.63, 3.8) is 0 Å². The van der Waals surface area contributed by atoms with Gasteiger partial charge in [-0.25, -0.2) is 4.79 Å². The number of anilines is 3. The Labute approximate surface area is 208 Å². The van der Waals surface area contributed by atoms with Gasteiger partial charge in [-0.1, -0.05) is 48.5 Å². The number of hydrogen-bond donors (Lipinski definition) is 2. The molecule has 4 aromatic rings. The Hall–Kier alpha value is -4.10. The zero-order valence-electron chi connectivity index (χ0n) is 19.2. The van der Waals surface area contributed by atoms with Crippen LogP contribution in [0, 0.1) is 0 Å². The van der Waals surface area contributed by atoms with Gasteiger partial charge in [0.2, 0.25) is 0 Å². The van der Waals surface area contributed by atoms with Crippen LogP contribution in [0.5, 0.6) is 0 Å². The maximum Gasteiger partial charge on any atom is 0.323 e. The number of carbonyl (C=O) groups is 2. The summed E-state index contributed by atoms with van der Waals surface area (Å²) in [4.78, 5) is 30.0. The Morgan fingerprint density at radius 3 is 1.86 bits per heavy atom. The van der Waals surface area contributed by atoms with Crippen LogP contribution in [-0.4, -0.2) is 43.0 Å². The first-order chi connectivity index (χ1) is 17.2. The molecule has 0 aliphatic carbocycles. The van der Waals surface area contributed by atoms with E-state index in [2.05, 4.69) is 27.7 Å². The number of piperazine rings is 1. The Bertz CT molecular complexity index is 1270. The largest absolute Gasteiger partial charge is 0.368 e. The van der Waals surface area contributed by atoms with Gasteiger partial charge in [0.15, 0.2) is 0 Å². The minimum Gasteiger partial charge on any atom is -0.368 e.